The molecule has 2 aromatic rings. The number of thiazole rings is 1. The summed E-state index contributed by atoms with van der Waals surface area (Å²) in [5.74, 6) is 0. The van der Waals surface area contributed by atoms with E-state index >= 15 is 0 Å². The van der Waals surface area contributed by atoms with Gasteiger partial charge in [-0.3, -0.25) is 0 Å². The largest absolute Gasteiger partial charge is 0.391 e. The topological polar surface area (TPSA) is 33.1 Å². The van der Waals surface area contributed by atoms with Crippen molar-refractivity contribution in [3.05, 3.63) is 51.5 Å². The van der Waals surface area contributed by atoms with Crippen molar-refractivity contribution in [1.29, 1.82) is 0 Å². The molecule has 3 heteroatoms. The number of nitrogens with zero attached hydrogens (tertiary/aromatic N) is 1. The van der Waals surface area contributed by atoms with Gasteiger partial charge in [0, 0.05) is 11.8 Å². The molecule has 1 heterocycles. The van der Waals surface area contributed by atoms with E-state index in [1.165, 1.54) is 5.56 Å². The van der Waals surface area contributed by atoms with Crippen LogP contribution in [0.1, 0.15) is 41.9 Å². The van der Waals surface area contributed by atoms with Crippen LogP contribution in [0.3, 0.4) is 0 Å². The maximum Gasteiger partial charge on any atom is 0.0935 e. The van der Waals surface area contributed by atoms with Crippen LogP contribution < -0.4 is 0 Å². The molecule has 19 heavy (non-hydrogen) atoms. The molecule has 0 atom stereocenters. The molecule has 0 bridgehead atoms. The molecular formula is C16H21NOS. The summed E-state index contributed by atoms with van der Waals surface area (Å²) in [6.45, 7) is 6.52. The second kappa shape index (κ2) is 5.85. The first kappa shape index (κ1) is 14.2. The standard InChI is InChI=1S/C16H21NOS/c1-16(2,3)15-13(11-18)19-14(17-15)10-9-12-7-5-4-6-8-12/h4-8,18H,9-11H2,1-3H3. The zero-order valence-electron chi connectivity index (χ0n) is 11.8. The fourth-order valence-corrected chi connectivity index (χ4v) is 3.23. The lowest BCUT2D eigenvalue weighted by Crippen LogP contribution is -2.14. The van der Waals surface area contributed by atoms with Crippen molar-refractivity contribution in [3.8, 4) is 0 Å². The van der Waals surface area contributed by atoms with Crippen molar-refractivity contribution < 1.29 is 5.11 Å². The summed E-state index contributed by atoms with van der Waals surface area (Å²) < 4.78 is 0. The molecule has 0 aliphatic rings. The minimum atomic E-state index is -0.000436. The molecule has 0 radical (unpaired) electrons. The van der Waals surface area contributed by atoms with Crippen LogP contribution in [0, 0.1) is 0 Å². The molecule has 0 aliphatic carbocycles. The first-order valence-corrected chi connectivity index (χ1v) is 7.46. The monoisotopic (exact) mass is 275 g/mol. The van der Waals surface area contributed by atoms with Crippen LogP contribution in [0.15, 0.2) is 30.3 Å². The van der Waals surface area contributed by atoms with Gasteiger partial charge in [-0.25, -0.2) is 4.98 Å². The molecule has 0 fully saturated rings. The van der Waals surface area contributed by atoms with Gasteiger partial charge in [0.05, 0.1) is 22.2 Å². The zero-order chi connectivity index (χ0) is 13.9. The summed E-state index contributed by atoms with van der Waals surface area (Å²) in [7, 11) is 0. The van der Waals surface area contributed by atoms with E-state index in [0.29, 0.717) is 0 Å². The fourth-order valence-electron chi connectivity index (χ4n) is 2.10. The third kappa shape index (κ3) is 3.64. The van der Waals surface area contributed by atoms with Gasteiger partial charge in [0.15, 0.2) is 0 Å². The van der Waals surface area contributed by atoms with Gasteiger partial charge in [-0.1, -0.05) is 51.1 Å². The molecule has 0 aliphatic heterocycles. The molecule has 0 amide bonds. The van der Waals surface area contributed by atoms with Gasteiger partial charge in [-0.05, 0) is 12.0 Å². The highest BCUT2D eigenvalue weighted by atomic mass is 32.1. The number of aromatic nitrogens is 1. The van der Waals surface area contributed by atoms with Crippen molar-refractivity contribution in [1.82, 2.24) is 4.98 Å². The van der Waals surface area contributed by atoms with Gasteiger partial charge < -0.3 is 5.11 Å². The van der Waals surface area contributed by atoms with E-state index < -0.39 is 0 Å². The minimum absolute atomic E-state index is 0.000436. The van der Waals surface area contributed by atoms with Crippen LogP contribution in [0.5, 0.6) is 0 Å². The van der Waals surface area contributed by atoms with Crippen molar-refractivity contribution in [2.45, 2.75) is 45.6 Å². The number of aliphatic hydroxyl groups is 1. The normalized spacial score (nSPS) is 11.8. The maximum atomic E-state index is 9.45. The Kier molecular flexibility index (Phi) is 4.38. The molecule has 0 unspecified atom stereocenters. The third-order valence-corrected chi connectivity index (χ3v) is 4.17. The average Bonchev–Trinajstić information content (AvgIpc) is 2.81. The highest BCUT2D eigenvalue weighted by Gasteiger charge is 2.22. The van der Waals surface area contributed by atoms with Crippen LogP contribution in [0.2, 0.25) is 0 Å². The number of aliphatic hydroxyl groups excluding tert-OH is 1. The van der Waals surface area contributed by atoms with Gasteiger partial charge >= 0.3 is 0 Å². The van der Waals surface area contributed by atoms with Crippen LogP contribution in [0.25, 0.3) is 0 Å². The van der Waals surface area contributed by atoms with Crippen molar-refractivity contribution in [3.63, 3.8) is 0 Å². The smallest absolute Gasteiger partial charge is 0.0935 e. The highest BCUT2D eigenvalue weighted by Crippen LogP contribution is 2.30. The summed E-state index contributed by atoms with van der Waals surface area (Å²) in [6, 6.07) is 10.5. The van der Waals surface area contributed by atoms with Crippen LogP contribution in [-0.2, 0) is 24.9 Å². The summed E-state index contributed by atoms with van der Waals surface area (Å²) in [5, 5.41) is 10.6. The molecule has 0 saturated carbocycles. The SMILES string of the molecule is CC(C)(C)c1nc(CCc2ccccc2)sc1CO. The van der Waals surface area contributed by atoms with E-state index in [-0.39, 0.29) is 12.0 Å². The van der Waals surface area contributed by atoms with Gasteiger partial charge in [-0.15, -0.1) is 11.3 Å². The molecule has 1 aromatic carbocycles. The quantitative estimate of drug-likeness (QED) is 0.922. The Morgan fingerprint density at radius 3 is 2.32 bits per heavy atom. The van der Waals surface area contributed by atoms with Crippen LogP contribution in [0.4, 0.5) is 0 Å². The highest BCUT2D eigenvalue weighted by molar-refractivity contribution is 7.11. The first-order chi connectivity index (χ1) is 9.00. The van der Waals surface area contributed by atoms with E-state index in [1.54, 1.807) is 11.3 Å². The average molecular weight is 275 g/mol. The third-order valence-electron chi connectivity index (χ3n) is 3.07. The molecule has 2 nitrogen and oxygen atoms in total. The number of hydrogen-bond acceptors (Lipinski definition) is 3. The van der Waals surface area contributed by atoms with Crippen LogP contribution in [-0.4, -0.2) is 10.1 Å². The van der Waals surface area contributed by atoms with Crippen molar-refractivity contribution in [2.75, 3.05) is 0 Å². The summed E-state index contributed by atoms with van der Waals surface area (Å²) in [4.78, 5) is 5.74. The lowest BCUT2D eigenvalue weighted by atomic mass is 9.91. The summed E-state index contributed by atoms with van der Waals surface area (Å²) >= 11 is 1.64. The molecular weight excluding hydrogens is 254 g/mol. The number of rotatable bonds is 4. The first-order valence-electron chi connectivity index (χ1n) is 6.64. The minimum Gasteiger partial charge on any atom is -0.391 e. The number of aryl methyl sites for hydroxylation is 2. The Bertz CT molecular complexity index is 525. The Morgan fingerprint density at radius 1 is 1.11 bits per heavy atom. The Hall–Kier alpha value is -1.19. The van der Waals surface area contributed by atoms with Gasteiger partial charge in [0.25, 0.3) is 0 Å². The summed E-state index contributed by atoms with van der Waals surface area (Å²) in [6.07, 6.45) is 1.95. The van der Waals surface area contributed by atoms with E-state index in [4.69, 9.17) is 4.98 Å². The van der Waals surface area contributed by atoms with Crippen molar-refractivity contribution >= 4 is 11.3 Å². The Balaban J connectivity index is 2.12. The fraction of sp³-hybridized carbons (Fsp3) is 0.438. The van der Waals surface area contributed by atoms with Gasteiger partial charge in [0.1, 0.15) is 0 Å². The van der Waals surface area contributed by atoms with E-state index in [9.17, 15) is 5.11 Å². The lowest BCUT2D eigenvalue weighted by Gasteiger charge is -2.16. The number of hydrogen-bond donors (Lipinski definition) is 1. The molecule has 0 saturated heterocycles. The molecule has 2 rings (SSSR count). The van der Waals surface area contributed by atoms with Gasteiger partial charge in [0.2, 0.25) is 0 Å². The van der Waals surface area contributed by atoms with E-state index in [1.807, 2.05) is 6.07 Å². The van der Waals surface area contributed by atoms with Crippen molar-refractivity contribution in [2.24, 2.45) is 0 Å². The molecule has 1 N–H and O–H groups in total. The van der Waals surface area contributed by atoms with E-state index in [2.05, 4.69) is 45.0 Å². The van der Waals surface area contributed by atoms with Gasteiger partial charge in [-0.2, -0.15) is 0 Å². The molecule has 1 aromatic heterocycles. The second-order valence-electron chi connectivity index (χ2n) is 5.77. The number of benzene rings is 1. The molecule has 102 valence electrons. The molecule has 0 spiro atoms. The Labute approximate surface area is 119 Å². The lowest BCUT2D eigenvalue weighted by molar-refractivity contribution is 0.282. The predicted molar refractivity (Wildman–Crippen MR) is 80.6 cm³/mol. The zero-order valence-corrected chi connectivity index (χ0v) is 12.6. The maximum absolute atomic E-state index is 9.45. The Morgan fingerprint density at radius 2 is 1.79 bits per heavy atom. The van der Waals surface area contributed by atoms with E-state index in [0.717, 1.165) is 28.4 Å². The predicted octanol–water partition coefficient (Wildman–Crippen LogP) is 3.72. The second-order valence-corrected chi connectivity index (χ2v) is 6.94. The summed E-state index contributed by atoms with van der Waals surface area (Å²) in [5.41, 5.74) is 2.38. The van der Waals surface area contributed by atoms with Crippen LogP contribution >= 0.6 is 11.3 Å².